The zero-order valence-electron chi connectivity index (χ0n) is 35.7. The maximum atomic E-state index is 14.7. The van der Waals surface area contributed by atoms with Gasteiger partial charge in [-0.1, -0.05) is 0 Å². The van der Waals surface area contributed by atoms with E-state index in [9.17, 15) is 24.6 Å². The number of thioether (sulfide) groups is 1. The van der Waals surface area contributed by atoms with E-state index >= 15 is 0 Å². The third-order valence-corrected chi connectivity index (χ3v) is 17.9. The van der Waals surface area contributed by atoms with Crippen LogP contribution < -0.4 is 25.4 Å². The molecule has 0 bridgehead atoms. The number of Topliss-reactive ketones (excluding diaryl/α,β-unsaturated/α-hetero) is 1. The summed E-state index contributed by atoms with van der Waals surface area (Å²) in [6.45, 7) is 7.89. The van der Waals surface area contributed by atoms with Crippen molar-refractivity contribution in [1.29, 1.82) is 5.26 Å². The van der Waals surface area contributed by atoms with Gasteiger partial charge in [0.15, 0.2) is 0 Å². The van der Waals surface area contributed by atoms with Crippen molar-refractivity contribution in [2.45, 2.75) is 126 Å². The first-order valence-corrected chi connectivity index (χ1v) is 24.8. The van der Waals surface area contributed by atoms with Crippen LogP contribution in [0.4, 0.5) is 4.79 Å². The SMILES string of the molecule is COc1ccc(C(N[C@@H](CCCCCP(O)(O)(CCC#N)N(C(C)C)C(C)C)C(=O)CCCC[C@@H]2SC[C@@H]3NC(=O)N[C@@H]32)(c2ccccc2)c2ccc(OC)cc2)cc1. The quantitative estimate of drug-likeness (QED) is 0.0258. The number of carbonyl (C=O) groups excluding carboxylic acids is 2. The Hall–Kier alpha value is -3.69. The third kappa shape index (κ3) is 11.2. The van der Waals surface area contributed by atoms with Crippen molar-refractivity contribution in [1.82, 2.24) is 20.6 Å². The van der Waals surface area contributed by atoms with Crippen molar-refractivity contribution in [3.8, 4) is 17.6 Å². The van der Waals surface area contributed by atoms with E-state index in [2.05, 4.69) is 58.4 Å². The number of ketones is 1. The normalized spacial score (nSPS) is 19.1. The van der Waals surface area contributed by atoms with Gasteiger partial charge in [-0.15, -0.1) is 0 Å². The summed E-state index contributed by atoms with van der Waals surface area (Å²) in [5.74, 6) is 2.49. The first-order chi connectivity index (χ1) is 28.2. The Kier molecular flexibility index (Phi) is 16.3. The summed E-state index contributed by atoms with van der Waals surface area (Å²) >= 11 is 1.89. The molecule has 3 aromatic rings. The molecule has 5 N–H and O–H groups in total. The van der Waals surface area contributed by atoms with Crippen molar-refractivity contribution in [2.75, 3.05) is 32.3 Å². The van der Waals surface area contributed by atoms with Crippen molar-refractivity contribution >= 4 is 30.8 Å². The Morgan fingerprint density at radius 3 is 2.02 bits per heavy atom. The number of nitriles is 1. The number of amides is 2. The van der Waals surface area contributed by atoms with Gasteiger partial charge in [-0.3, -0.25) is 0 Å². The average Bonchev–Trinajstić information content (AvgIpc) is 3.78. The molecule has 0 radical (unpaired) electrons. The minimum atomic E-state index is -4.38. The van der Waals surface area contributed by atoms with Gasteiger partial charge < -0.3 is 20.1 Å². The van der Waals surface area contributed by atoms with Crippen molar-refractivity contribution in [2.24, 2.45) is 0 Å². The van der Waals surface area contributed by atoms with Crippen LogP contribution >= 0.6 is 19.0 Å². The fourth-order valence-electron chi connectivity index (χ4n) is 9.40. The van der Waals surface area contributed by atoms with Crippen molar-refractivity contribution < 1.29 is 28.8 Å². The zero-order valence-corrected chi connectivity index (χ0v) is 37.4. The van der Waals surface area contributed by atoms with Gasteiger partial charge in [0.05, 0.1) is 26.3 Å². The van der Waals surface area contributed by atoms with Gasteiger partial charge in [-0.25, -0.2) is 4.79 Å². The standard InChI is InChI=1S/C46H66N5O6PS/c1-33(2)51(34(3)4)58(54,55,31-15-29-47)30-14-8-11-18-40(42(52)19-12-13-20-43-44-41(32-59-43)48-45(53)49-44)50-46(35-16-9-7-10-17-35,36-21-25-38(56-5)26-22-36)37-23-27-39(57-6)28-24-37/h7,9-10,16-17,21-28,33-34,40-41,43-44,50,54-55H,8,11-15,18-20,30-32H2,1-6H3,(H2,48,49,53)/t40-,41-,43-,44-/m0/s1. The minimum absolute atomic E-state index is 0.0497. The number of fused-ring (bicyclic) bond motifs is 1. The van der Waals surface area contributed by atoms with Crippen molar-refractivity contribution in [3.05, 3.63) is 95.6 Å². The summed E-state index contributed by atoms with van der Waals surface area (Å²) in [5.41, 5.74) is 1.94. The number of methoxy groups -OCH3 is 2. The molecule has 11 nitrogen and oxygen atoms in total. The molecule has 3 aromatic carbocycles. The molecular weight excluding hydrogens is 782 g/mol. The molecule has 59 heavy (non-hydrogen) atoms. The summed E-state index contributed by atoms with van der Waals surface area (Å²) in [4.78, 5) is 50.9. The molecule has 2 saturated heterocycles. The molecule has 2 amide bonds. The van der Waals surface area contributed by atoms with E-state index < -0.39 is 18.8 Å². The number of ether oxygens (including phenoxy) is 2. The molecule has 2 aliphatic rings. The zero-order chi connectivity index (χ0) is 42.7. The second-order valence-corrected chi connectivity index (χ2v) is 22.0. The summed E-state index contributed by atoms with van der Waals surface area (Å²) in [5, 5.41) is 19.9. The van der Waals surface area contributed by atoms with E-state index in [1.807, 2.05) is 86.6 Å². The Morgan fingerprint density at radius 1 is 0.864 bits per heavy atom. The molecule has 2 fully saturated rings. The van der Waals surface area contributed by atoms with Gasteiger partial charge in [0.1, 0.15) is 0 Å². The maximum absolute atomic E-state index is 14.7. The molecule has 4 atom stereocenters. The number of carbonyl (C=O) groups is 2. The Bertz CT molecular complexity index is 1800. The molecule has 2 aliphatic heterocycles. The van der Waals surface area contributed by atoms with Crippen LogP contribution in [-0.2, 0) is 10.3 Å². The van der Waals surface area contributed by atoms with Crippen LogP contribution in [0.15, 0.2) is 78.9 Å². The number of nitrogens with zero attached hydrogens (tertiary/aromatic N) is 2. The van der Waals surface area contributed by atoms with E-state index in [1.54, 1.807) is 14.2 Å². The first kappa shape index (κ1) is 46.4. The third-order valence-electron chi connectivity index (χ3n) is 12.0. The topological polar surface area (TPSA) is 156 Å². The molecule has 322 valence electrons. The predicted octanol–water partition coefficient (Wildman–Crippen LogP) is 8.12. The second-order valence-electron chi connectivity index (χ2n) is 16.7. The first-order valence-electron chi connectivity index (χ1n) is 21.2. The summed E-state index contributed by atoms with van der Waals surface area (Å²) in [6, 6.07) is 27.8. The number of benzene rings is 3. The monoisotopic (exact) mass is 847 g/mol. The van der Waals surface area contributed by atoms with Gasteiger partial charge in [0, 0.05) is 5.75 Å². The van der Waals surface area contributed by atoms with Crippen LogP contribution in [0.25, 0.3) is 0 Å². The van der Waals surface area contributed by atoms with E-state index in [4.69, 9.17) is 9.47 Å². The number of hydrogen-bond donors (Lipinski definition) is 5. The fourth-order valence-corrected chi connectivity index (χ4v) is 15.2. The predicted molar refractivity (Wildman–Crippen MR) is 240 cm³/mol. The molecule has 0 unspecified atom stereocenters. The number of unbranched alkanes of at least 4 members (excludes halogenated alkanes) is 3. The molecule has 0 spiro atoms. The molecule has 2 heterocycles. The van der Waals surface area contributed by atoms with Crippen LogP contribution in [-0.4, -0.2) is 94.0 Å². The molecule has 0 saturated carbocycles. The van der Waals surface area contributed by atoms with Gasteiger partial charge >= 0.3 is 289 Å². The fraction of sp³-hybridized carbons (Fsp3) is 0.543. The molecular formula is C46H66N5O6PS. The summed E-state index contributed by atoms with van der Waals surface area (Å²) < 4.78 is 13.0. The van der Waals surface area contributed by atoms with Gasteiger partial charge in [0.2, 0.25) is 0 Å². The van der Waals surface area contributed by atoms with Gasteiger partial charge in [-0.2, -0.15) is 11.8 Å². The average molecular weight is 848 g/mol. The van der Waals surface area contributed by atoms with E-state index in [1.165, 1.54) is 0 Å². The summed E-state index contributed by atoms with van der Waals surface area (Å²) in [6.07, 6.45) is 5.74. The number of urea groups is 1. The Morgan fingerprint density at radius 2 is 1.46 bits per heavy atom. The molecule has 13 heteroatoms. The van der Waals surface area contributed by atoms with E-state index in [0.717, 1.165) is 53.2 Å². The van der Waals surface area contributed by atoms with Crippen LogP contribution in [0.2, 0.25) is 0 Å². The van der Waals surface area contributed by atoms with Crippen LogP contribution in [0.5, 0.6) is 11.5 Å². The number of hydrogen-bond acceptors (Lipinski definition) is 10. The number of nitrogens with one attached hydrogen (secondary N) is 3. The van der Waals surface area contributed by atoms with Crippen LogP contribution in [0.3, 0.4) is 0 Å². The molecule has 5 rings (SSSR count). The molecule has 0 aromatic heterocycles. The molecule has 0 aliphatic carbocycles. The van der Waals surface area contributed by atoms with E-state index in [0.29, 0.717) is 37.4 Å². The van der Waals surface area contributed by atoms with Crippen LogP contribution in [0, 0.1) is 11.3 Å². The van der Waals surface area contributed by atoms with Crippen molar-refractivity contribution in [3.63, 3.8) is 0 Å². The van der Waals surface area contributed by atoms with Crippen LogP contribution in [0.1, 0.15) is 102 Å². The Labute approximate surface area is 356 Å². The Balaban J connectivity index is 1.43. The van der Waals surface area contributed by atoms with Gasteiger partial charge in [-0.05, 0) is 0 Å². The van der Waals surface area contributed by atoms with Gasteiger partial charge in [0.25, 0.3) is 0 Å². The second kappa shape index (κ2) is 20.7. The van der Waals surface area contributed by atoms with E-state index in [-0.39, 0.29) is 54.7 Å². The number of rotatable bonds is 24. The summed E-state index contributed by atoms with van der Waals surface area (Å²) in [7, 11) is -1.08.